The summed E-state index contributed by atoms with van der Waals surface area (Å²) in [6.07, 6.45) is 2.48. The molecule has 1 aromatic heterocycles. The molecule has 1 rings (SSSR count). The first kappa shape index (κ1) is 13.5. The molecule has 0 aliphatic heterocycles. The van der Waals surface area contributed by atoms with Gasteiger partial charge in [-0.1, -0.05) is 13.3 Å². The Kier molecular flexibility index (Phi) is 5.77. The fraction of sp³-hybridized carbons (Fsp3) is 0.750. The molecular weight excluding hydrogens is 218 g/mol. The van der Waals surface area contributed by atoms with Crippen LogP contribution in [0.3, 0.4) is 0 Å². The second kappa shape index (κ2) is 6.86. The molecule has 0 spiro atoms. The number of thiazole rings is 1. The van der Waals surface area contributed by atoms with Crippen LogP contribution in [0.25, 0.3) is 0 Å². The highest BCUT2D eigenvalue weighted by molar-refractivity contribution is 7.15. The first-order valence-corrected chi connectivity index (χ1v) is 6.90. The quantitative estimate of drug-likeness (QED) is 0.795. The van der Waals surface area contributed by atoms with E-state index < -0.39 is 0 Å². The minimum Gasteiger partial charge on any atom is -0.348 e. The molecule has 0 radical (unpaired) electrons. The van der Waals surface area contributed by atoms with Crippen molar-refractivity contribution in [3.05, 3.63) is 10.6 Å². The number of rotatable bonds is 7. The third kappa shape index (κ3) is 3.46. The first-order chi connectivity index (χ1) is 7.72. The molecule has 92 valence electrons. The number of aromatic nitrogens is 1. The Morgan fingerprint density at radius 3 is 2.69 bits per heavy atom. The first-order valence-electron chi connectivity index (χ1n) is 6.08. The molecule has 1 N–H and O–H groups in total. The van der Waals surface area contributed by atoms with E-state index >= 15 is 0 Å². The Bertz CT molecular complexity index is 309. The summed E-state index contributed by atoms with van der Waals surface area (Å²) in [5.41, 5.74) is 1.17. The van der Waals surface area contributed by atoms with Gasteiger partial charge in [0.05, 0.1) is 5.69 Å². The molecule has 0 saturated carbocycles. The standard InChI is InChI=1S/C12H23N3S/c1-5-7-8-15(6-2)12-14-10(3)11(16-12)9-13-4/h13H,5-9H2,1-4H3. The van der Waals surface area contributed by atoms with Gasteiger partial charge in [0.1, 0.15) is 0 Å². The SMILES string of the molecule is CCCCN(CC)c1nc(C)c(CNC)s1. The summed E-state index contributed by atoms with van der Waals surface area (Å²) in [6.45, 7) is 9.62. The van der Waals surface area contributed by atoms with Gasteiger partial charge in [0.25, 0.3) is 0 Å². The van der Waals surface area contributed by atoms with Gasteiger partial charge in [-0.2, -0.15) is 0 Å². The van der Waals surface area contributed by atoms with Gasteiger partial charge in [-0.05, 0) is 27.3 Å². The lowest BCUT2D eigenvalue weighted by Gasteiger charge is -2.19. The lowest BCUT2D eigenvalue weighted by atomic mass is 10.3. The smallest absolute Gasteiger partial charge is 0.185 e. The Morgan fingerprint density at radius 1 is 1.38 bits per heavy atom. The van der Waals surface area contributed by atoms with Crippen LogP contribution in [0.1, 0.15) is 37.3 Å². The number of hydrogen-bond acceptors (Lipinski definition) is 4. The van der Waals surface area contributed by atoms with Gasteiger partial charge in [-0.15, -0.1) is 11.3 Å². The number of unbranched alkanes of at least 4 members (excludes halogenated alkanes) is 1. The van der Waals surface area contributed by atoms with Crippen molar-refractivity contribution in [2.45, 2.75) is 40.2 Å². The molecule has 0 fully saturated rings. The molecule has 0 aliphatic rings. The molecule has 0 aromatic carbocycles. The van der Waals surface area contributed by atoms with Crippen molar-refractivity contribution in [2.75, 3.05) is 25.0 Å². The van der Waals surface area contributed by atoms with E-state index in [1.54, 1.807) is 0 Å². The van der Waals surface area contributed by atoms with E-state index in [9.17, 15) is 0 Å². The highest BCUT2D eigenvalue weighted by atomic mass is 32.1. The molecule has 0 aliphatic carbocycles. The van der Waals surface area contributed by atoms with Gasteiger partial charge in [0.2, 0.25) is 0 Å². The highest BCUT2D eigenvalue weighted by Crippen LogP contribution is 2.26. The molecule has 0 unspecified atom stereocenters. The van der Waals surface area contributed by atoms with Crippen molar-refractivity contribution in [1.29, 1.82) is 0 Å². The second-order valence-corrected chi connectivity index (χ2v) is 5.03. The molecule has 0 amide bonds. The fourth-order valence-electron chi connectivity index (χ4n) is 1.61. The molecule has 3 nitrogen and oxygen atoms in total. The zero-order valence-electron chi connectivity index (χ0n) is 10.8. The summed E-state index contributed by atoms with van der Waals surface area (Å²) in [5.74, 6) is 0. The summed E-state index contributed by atoms with van der Waals surface area (Å²) in [6, 6.07) is 0. The third-order valence-electron chi connectivity index (χ3n) is 2.65. The molecule has 4 heteroatoms. The van der Waals surface area contributed by atoms with Crippen LogP contribution in [0.2, 0.25) is 0 Å². The van der Waals surface area contributed by atoms with Crippen LogP contribution in [-0.4, -0.2) is 25.1 Å². The highest BCUT2D eigenvalue weighted by Gasteiger charge is 2.11. The normalized spacial score (nSPS) is 10.8. The largest absolute Gasteiger partial charge is 0.348 e. The average molecular weight is 241 g/mol. The Balaban J connectivity index is 2.72. The lowest BCUT2D eigenvalue weighted by Crippen LogP contribution is -2.23. The van der Waals surface area contributed by atoms with Crippen molar-refractivity contribution in [1.82, 2.24) is 10.3 Å². The van der Waals surface area contributed by atoms with E-state index in [0.29, 0.717) is 0 Å². The van der Waals surface area contributed by atoms with E-state index in [1.807, 2.05) is 18.4 Å². The van der Waals surface area contributed by atoms with Crippen LogP contribution in [0.4, 0.5) is 5.13 Å². The molecular formula is C12H23N3S. The lowest BCUT2D eigenvalue weighted by molar-refractivity contribution is 0.729. The van der Waals surface area contributed by atoms with Crippen LogP contribution in [-0.2, 0) is 6.54 Å². The minimum absolute atomic E-state index is 0.925. The molecule has 0 atom stereocenters. The van der Waals surface area contributed by atoms with Crippen LogP contribution in [0, 0.1) is 6.92 Å². The van der Waals surface area contributed by atoms with E-state index in [0.717, 1.165) is 19.6 Å². The second-order valence-electron chi connectivity index (χ2n) is 3.97. The van der Waals surface area contributed by atoms with E-state index in [-0.39, 0.29) is 0 Å². The van der Waals surface area contributed by atoms with Gasteiger partial charge in [0.15, 0.2) is 5.13 Å². The number of anilines is 1. The van der Waals surface area contributed by atoms with E-state index in [1.165, 1.54) is 28.5 Å². The minimum atomic E-state index is 0.925. The zero-order valence-corrected chi connectivity index (χ0v) is 11.7. The summed E-state index contributed by atoms with van der Waals surface area (Å²) in [7, 11) is 1.98. The fourth-order valence-corrected chi connectivity index (χ4v) is 2.77. The Morgan fingerprint density at radius 2 is 2.12 bits per heavy atom. The predicted molar refractivity (Wildman–Crippen MR) is 72.4 cm³/mol. The van der Waals surface area contributed by atoms with Gasteiger partial charge in [0, 0.05) is 24.5 Å². The summed E-state index contributed by atoms with van der Waals surface area (Å²) < 4.78 is 0. The summed E-state index contributed by atoms with van der Waals surface area (Å²) in [5, 5.41) is 4.37. The predicted octanol–water partition coefficient (Wildman–Crippen LogP) is 2.80. The van der Waals surface area contributed by atoms with Crippen molar-refractivity contribution >= 4 is 16.5 Å². The Hall–Kier alpha value is -0.610. The maximum Gasteiger partial charge on any atom is 0.185 e. The van der Waals surface area contributed by atoms with E-state index in [2.05, 4.69) is 36.0 Å². The van der Waals surface area contributed by atoms with Crippen molar-refractivity contribution < 1.29 is 0 Å². The zero-order chi connectivity index (χ0) is 12.0. The monoisotopic (exact) mass is 241 g/mol. The van der Waals surface area contributed by atoms with Crippen LogP contribution < -0.4 is 10.2 Å². The van der Waals surface area contributed by atoms with Crippen molar-refractivity contribution in [3.63, 3.8) is 0 Å². The van der Waals surface area contributed by atoms with Gasteiger partial charge >= 0.3 is 0 Å². The topological polar surface area (TPSA) is 28.2 Å². The average Bonchev–Trinajstić information content (AvgIpc) is 2.62. The molecule has 0 saturated heterocycles. The molecule has 1 heterocycles. The summed E-state index contributed by atoms with van der Waals surface area (Å²) in [4.78, 5) is 8.39. The van der Waals surface area contributed by atoms with Crippen molar-refractivity contribution in [3.8, 4) is 0 Å². The van der Waals surface area contributed by atoms with E-state index in [4.69, 9.17) is 0 Å². The molecule has 16 heavy (non-hydrogen) atoms. The van der Waals surface area contributed by atoms with Crippen LogP contribution >= 0.6 is 11.3 Å². The van der Waals surface area contributed by atoms with Gasteiger partial charge < -0.3 is 10.2 Å². The van der Waals surface area contributed by atoms with Gasteiger partial charge in [-0.25, -0.2) is 4.98 Å². The molecule has 1 aromatic rings. The van der Waals surface area contributed by atoms with Crippen molar-refractivity contribution in [2.24, 2.45) is 0 Å². The number of nitrogens with one attached hydrogen (secondary N) is 1. The summed E-state index contributed by atoms with van der Waals surface area (Å²) >= 11 is 1.82. The van der Waals surface area contributed by atoms with Gasteiger partial charge in [-0.3, -0.25) is 0 Å². The Labute approximate surface area is 103 Å². The third-order valence-corrected chi connectivity index (χ3v) is 3.87. The van der Waals surface area contributed by atoms with Crippen LogP contribution in [0.15, 0.2) is 0 Å². The number of aryl methyl sites for hydroxylation is 1. The number of hydrogen-bond donors (Lipinski definition) is 1. The van der Waals surface area contributed by atoms with Crippen LogP contribution in [0.5, 0.6) is 0 Å². The number of nitrogens with zero attached hydrogens (tertiary/aromatic N) is 2. The molecule has 0 bridgehead atoms. The maximum absolute atomic E-state index is 4.66. The maximum atomic E-state index is 4.66.